The summed E-state index contributed by atoms with van der Waals surface area (Å²) in [5.74, 6) is -0.730. The molecule has 1 saturated carbocycles. The predicted octanol–water partition coefficient (Wildman–Crippen LogP) is 3.51. The van der Waals surface area contributed by atoms with Gasteiger partial charge in [-0.05, 0) is 38.2 Å². The fourth-order valence-corrected chi connectivity index (χ4v) is 4.51. The largest absolute Gasteiger partial charge is 0.368 e. The van der Waals surface area contributed by atoms with Gasteiger partial charge in [-0.25, -0.2) is 0 Å². The Morgan fingerprint density at radius 1 is 1.07 bits per heavy atom. The molecule has 1 fully saturated rings. The Morgan fingerprint density at radius 2 is 1.79 bits per heavy atom. The number of hydrogen-bond acceptors (Lipinski definition) is 3. The first-order valence-electron chi connectivity index (χ1n) is 9.87. The number of nitrogens with zero attached hydrogens (tertiary/aromatic N) is 2. The van der Waals surface area contributed by atoms with Gasteiger partial charge in [0.05, 0.1) is 0 Å². The van der Waals surface area contributed by atoms with E-state index in [4.69, 9.17) is 10.7 Å². The molecular formula is C23H25N3O2. The minimum atomic E-state index is -0.824. The molecule has 5 nitrogen and oxygen atoms in total. The number of aliphatic imine (C=N–C) groups is 1. The van der Waals surface area contributed by atoms with E-state index in [-0.39, 0.29) is 5.91 Å². The fraction of sp³-hybridized carbons (Fsp3) is 0.348. The zero-order valence-corrected chi connectivity index (χ0v) is 16.1. The molecule has 2 aromatic rings. The van der Waals surface area contributed by atoms with Crippen molar-refractivity contribution in [1.29, 1.82) is 0 Å². The van der Waals surface area contributed by atoms with Gasteiger partial charge in [-0.3, -0.25) is 19.5 Å². The van der Waals surface area contributed by atoms with Crippen molar-refractivity contribution in [2.45, 2.75) is 50.7 Å². The van der Waals surface area contributed by atoms with Crippen molar-refractivity contribution in [3.63, 3.8) is 0 Å². The zero-order chi connectivity index (χ0) is 19.7. The Bertz CT molecular complexity index is 930. The van der Waals surface area contributed by atoms with Gasteiger partial charge in [0.25, 0.3) is 5.91 Å². The maximum Gasteiger partial charge on any atom is 0.275 e. The summed E-state index contributed by atoms with van der Waals surface area (Å²) in [5, 5.41) is 0. The topological polar surface area (TPSA) is 75.8 Å². The molecule has 4 rings (SSSR count). The van der Waals surface area contributed by atoms with Gasteiger partial charge in [0.15, 0.2) is 0 Å². The van der Waals surface area contributed by atoms with Crippen LogP contribution in [0.15, 0.2) is 59.6 Å². The van der Waals surface area contributed by atoms with E-state index in [0.29, 0.717) is 5.71 Å². The normalized spacial score (nSPS) is 19.5. The second-order valence-corrected chi connectivity index (χ2v) is 7.76. The van der Waals surface area contributed by atoms with Crippen molar-refractivity contribution in [2.75, 3.05) is 0 Å². The molecule has 1 spiro atoms. The minimum Gasteiger partial charge on any atom is -0.368 e. The number of nitrogens with two attached hydrogens (primary N) is 1. The molecule has 2 aliphatic rings. The van der Waals surface area contributed by atoms with Gasteiger partial charge in [0.1, 0.15) is 17.4 Å². The standard InChI is InChI=1S/C23H25N3O2/c1-16-9-8-12-18(15-16)20(21(24)27)26-22(28)19(17-10-4-2-5-11-17)25-23(26)13-6-3-7-14-23/h2,4-5,8-12,15,20H,3,6-7,13-14H2,1H3,(H2,24,27). The van der Waals surface area contributed by atoms with Gasteiger partial charge in [-0.2, -0.15) is 0 Å². The lowest BCUT2D eigenvalue weighted by Gasteiger charge is -2.42. The fourth-order valence-electron chi connectivity index (χ4n) is 4.51. The van der Waals surface area contributed by atoms with Crippen LogP contribution in [0.25, 0.3) is 0 Å². The molecule has 0 bridgehead atoms. The van der Waals surface area contributed by atoms with Crippen molar-refractivity contribution in [2.24, 2.45) is 10.7 Å². The highest BCUT2D eigenvalue weighted by Crippen LogP contribution is 2.44. The molecule has 1 heterocycles. The van der Waals surface area contributed by atoms with E-state index < -0.39 is 17.6 Å². The summed E-state index contributed by atoms with van der Waals surface area (Å²) in [6.45, 7) is 1.97. The SMILES string of the molecule is Cc1cccc(C(C(N)=O)N2C(=O)C(c3ccccc3)=NC23CCCCC3)c1. The Labute approximate surface area is 165 Å². The lowest BCUT2D eigenvalue weighted by molar-refractivity contribution is -0.141. The highest BCUT2D eigenvalue weighted by atomic mass is 16.2. The highest BCUT2D eigenvalue weighted by Gasteiger charge is 2.52. The van der Waals surface area contributed by atoms with Crippen molar-refractivity contribution in [3.05, 3.63) is 71.3 Å². The summed E-state index contributed by atoms with van der Waals surface area (Å²) in [4.78, 5) is 32.8. The summed E-state index contributed by atoms with van der Waals surface area (Å²) in [6, 6.07) is 16.3. The van der Waals surface area contributed by atoms with Crippen LogP contribution in [0.3, 0.4) is 0 Å². The molecule has 2 aromatic carbocycles. The van der Waals surface area contributed by atoms with Crippen LogP contribution in [0.5, 0.6) is 0 Å². The maximum absolute atomic E-state index is 13.6. The second kappa shape index (κ2) is 7.23. The number of benzene rings is 2. The first kappa shape index (κ1) is 18.4. The molecule has 2 amide bonds. The predicted molar refractivity (Wildman–Crippen MR) is 109 cm³/mol. The quantitative estimate of drug-likeness (QED) is 0.888. The van der Waals surface area contributed by atoms with E-state index in [1.54, 1.807) is 4.90 Å². The van der Waals surface area contributed by atoms with E-state index in [1.807, 2.05) is 61.5 Å². The van der Waals surface area contributed by atoms with E-state index in [1.165, 1.54) is 0 Å². The molecule has 0 saturated heterocycles. The smallest absolute Gasteiger partial charge is 0.275 e. The minimum absolute atomic E-state index is 0.210. The second-order valence-electron chi connectivity index (χ2n) is 7.76. The van der Waals surface area contributed by atoms with Gasteiger partial charge < -0.3 is 5.73 Å². The number of primary amides is 1. The first-order valence-corrected chi connectivity index (χ1v) is 9.87. The zero-order valence-electron chi connectivity index (χ0n) is 16.1. The molecule has 1 unspecified atom stereocenters. The van der Waals surface area contributed by atoms with Crippen LogP contribution in [0.1, 0.15) is 54.8 Å². The molecule has 28 heavy (non-hydrogen) atoms. The van der Waals surface area contributed by atoms with E-state index in [2.05, 4.69) is 0 Å². The van der Waals surface area contributed by atoms with E-state index >= 15 is 0 Å². The molecule has 2 N–H and O–H groups in total. The third-order valence-electron chi connectivity index (χ3n) is 5.78. The van der Waals surface area contributed by atoms with Crippen LogP contribution in [-0.4, -0.2) is 28.1 Å². The van der Waals surface area contributed by atoms with Crippen LogP contribution in [0.4, 0.5) is 0 Å². The number of hydrogen-bond donors (Lipinski definition) is 1. The molecular weight excluding hydrogens is 350 g/mol. The number of aryl methyl sites for hydroxylation is 1. The molecule has 1 aliphatic carbocycles. The van der Waals surface area contributed by atoms with Gasteiger partial charge in [0.2, 0.25) is 5.91 Å². The summed E-state index contributed by atoms with van der Waals surface area (Å²) < 4.78 is 0. The number of rotatable bonds is 4. The molecule has 0 radical (unpaired) electrons. The van der Waals surface area contributed by atoms with Crippen LogP contribution in [-0.2, 0) is 9.59 Å². The van der Waals surface area contributed by atoms with Crippen LogP contribution >= 0.6 is 0 Å². The molecule has 1 atom stereocenters. The van der Waals surface area contributed by atoms with Gasteiger partial charge in [0, 0.05) is 5.56 Å². The summed E-state index contributed by atoms with van der Waals surface area (Å²) in [7, 11) is 0. The average molecular weight is 375 g/mol. The monoisotopic (exact) mass is 375 g/mol. The van der Waals surface area contributed by atoms with Crippen molar-refractivity contribution >= 4 is 17.5 Å². The van der Waals surface area contributed by atoms with E-state index in [0.717, 1.165) is 48.8 Å². The summed E-state index contributed by atoms with van der Waals surface area (Å²) >= 11 is 0. The Balaban J connectivity index is 1.84. The van der Waals surface area contributed by atoms with Crippen LogP contribution in [0.2, 0.25) is 0 Å². The lowest BCUT2D eigenvalue weighted by atomic mass is 9.86. The van der Waals surface area contributed by atoms with Gasteiger partial charge in [-0.15, -0.1) is 0 Å². The van der Waals surface area contributed by atoms with Gasteiger partial charge >= 0.3 is 0 Å². The number of carbonyl (C=O) groups is 2. The van der Waals surface area contributed by atoms with Crippen molar-refractivity contribution in [1.82, 2.24) is 4.90 Å². The first-order chi connectivity index (χ1) is 13.5. The average Bonchev–Trinajstić information content (AvgIpc) is 2.96. The molecule has 0 aromatic heterocycles. The molecule has 144 valence electrons. The summed E-state index contributed by atoms with van der Waals surface area (Å²) in [6.07, 6.45) is 4.59. The van der Waals surface area contributed by atoms with Crippen molar-refractivity contribution < 1.29 is 9.59 Å². The van der Waals surface area contributed by atoms with Crippen LogP contribution in [0, 0.1) is 6.92 Å². The Morgan fingerprint density at radius 3 is 2.43 bits per heavy atom. The maximum atomic E-state index is 13.6. The van der Waals surface area contributed by atoms with Gasteiger partial charge in [-0.1, -0.05) is 66.6 Å². The lowest BCUT2D eigenvalue weighted by Crippen LogP contribution is -2.53. The highest BCUT2D eigenvalue weighted by molar-refractivity contribution is 6.47. The Hall–Kier alpha value is -2.95. The van der Waals surface area contributed by atoms with Crippen molar-refractivity contribution in [3.8, 4) is 0 Å². The third kappa shape index (κ3) is 3.11. The molecule has 1 aliphatic heterocycles. The van der Waals surface area contributed by atoms with Crippen LogP contribution < -0.4 is 5.73 Å². The summed E-state index contributed by atoms with van der Waals surface area (Å²) in [5.41, 5.74) is 8.15. The number of carbonyl (C=O) groups excluding carboxylic acids is 2. The Kier molecular flexibility index (Phi) is 4.75. The van der Waals surface area contributed by atoms with E-state index in [9.17, 15) is 9.59 Å². The third-order valence-corrected chi connectivity index (χ3v) is 5.78. The number of amides is 2. The molecule has 5 heteroatoms.